The maximum absolute atomic E-state index is 13.0. The lowest BCUT2D eigenvalue weighted by atomic mass is 9.97. The van der Waals surface area contributed by atoms with Crippen LogP contribution in [0.15, 0.2) is 53.1 Å². The highest BCUT2D eigenvalue weighted by Crippen LogP contribution is 2.22. The van der Waals surface area contributed by atoms with Crippen LogP contribution in [0.2, 0.25) is 0 Å². The molecule has 8 nitrogen and oxygen atoms in total. The minimum atomic E-state index is -0.0782. The van der Waals surface area contributed by atoms with E-state index in [1.807, 2.05) is 60.4 Å². The molecule has 0 bridgehead atoms. The lowest BCUT2D eigenvalue weighted by Crippen LogP contribution is -2.42. The van der Waals surface area contributed by atoms with Crippen molar-refractivity contribution in [1.29, 1.82) is 0 Å². The fraction of sp³-hybridized carbons (Fsp3) is 0.429. The number of hydrogen-bond acceptors (Lipinski definition) is 6. The van der Waals surface area contributed by atoms with Gasteiger partial charge in [0.05, 0.1) is 12.5 Å². The Morgan fingerprint density at radius 2 is 1.86 bits per heavy atom. The number of aromatic nitrogens is 2. The summed E-state index contributed by atoms with van der Waals surface area (Å²) in [5.41, 5.74) is 4.28. The number of amides is 2. The van der Waals surface area contributed by atoms with Gasteiger partial charge in [0.1, 0.15) is 0 Å². The molecule has 1 aromatic heterocycles. The lowest BCUT2D eigenvalue weighted by molar-refractivity contribution is -0.128. The van der Waals surface area contributed by atoms with Crippen LogP contribution in [0.25, 0.3) is 11.4 Å². The molecule has 2 aromatic carbocycles. The van der Waals surface area contributed by atoms with Crippen molar-refractivity contribution in [2.75, 3.05) is 19.6 Å². The van der Waals surface area contributed by atoms with E-state index in [0.29, 0.717) is 44.3 Å². The predicted molar refractivity (Wildman–Crippen MR) is 135 cm³/mol. The van der Waals surface area contributed by atoms with Gasteiger partial charge < -0.3 is 14.7 Å². The van der Waals surface area contributed by atoms with Crippen LogP contribution in [-0.4, -0.2) is 51.4 Å². The van der Waals surface area contributed by atoms with Gasteiger partial charge in [-0.2, -0.15) is 4.98 Å². The van der Waals surface area contributed by atoms with Crippen LogP contribution < -0.4 is 5.32 Å². The summed E-state index contributed by atoms with van der Waals surface area (Å²) in [6.45, 7) is 6.04. The van der Waals surface area contributed by atoms with Crippen molar-refractivity contribution in [3.8, 4) is 11.4 Å². The first-order chi connectivity index (χ1) is 17.5. The molecule has 1 N–H and O–H groups in total. The predicted octanol–water partition coefficient (Wildman–Crippen LogP) is 3.70. The van der Waals surface area contributed by atoms with Crippen molar-refractivity contribution < 1.29 is 14.1 Å². The second-order valence-electron chi connectivity index (χ2n) is 9.86. The maximum atomic E-state index is 13.0. The van der Waals surface area contributed by atoms with E-state index in [9.17, 15) is 9.59 Å². The Labute approximate surface area is 211 Å². The van der Waals surface area contributed by atoms with Gasteiger partial charge in [0.25, 0.3) is 0 Å². The number of rotatable bonds is 8. The summed E-state index contributed by atoms with van der Waals surface area (Å²) < 4.78 is 5.50. The fourth-order valence-electron chi connectivity index (χ4n) is 5.03. The summed E-state index contributed by atoms with van der Waals surface area (Å²) >= 11 is 0. The highest BCUT2D eigenvalue weighted by atomic mass is 16.5. The zero-order valence-corrected chi connectivity index (χ0v) is 20.8. The molecule has 0 radical (unpaired) electrons. The van der Waals surface area contributed by atoms with Gasteiger partial charge in [-0.15, -0.1) is 0 Å². The quantitative estimate of drug-likeness (QED) is 0.521. The molecule has 188 valence electrons. The second-order valence-corrected chi connectivity index (χ2v) is 9.86. The summed E-state index contributed by atoms with van der Waals surface area (Å²) in [6, 6.07) is 16.1. The van der Waals surface area contributed by atoms with Crippen LogP contribution in [0.4, 0.5) is 0 Å². The number of piperidine rings is 1. The highest BCUT2D eigenvalue weighted by Gasteiger charge is 2.27. The maximum Gasteiger partial charge on any atom is 0.241 e. The molecule has 36 heavy (non-hydrogen) atoms. The first-order valence-electron chi connectivity index (χ1n) is 12.8. The van der Waals surface area contributed by atoms with Crippen LogP contribution >= 0.6 is 0 Å². The first-order valence-corrected chi connectivity index (χ1v) is 12.8. The minimum absolute atomic E-state index is 0.0672. The molecule has 1 atom stereocenters. The average molecular weight is 488 g/mol. The Bertz CT molecular complexity index is 1210. The third-order valence-electron chi connectivity index (χ3n) is 7.12. The van der Waals surface area contributed by atoms with Crippen LogP contribution in [-0.2, 0) is 29.2 Å². The van der Waals surface area contributed by atoms with Crippen LogP contribution in [0.5, 0.6) is 0 Å². The van der Waals surface area contributed by atoms with Crippen molar-refractivity contribution in [2.24, 2.45) is 5.92 Å². The average Bonchev–Trinajstić information content (AvgIpc) is 3.53. The Morgan fingerprint density at radius 3 is 2.64 bits per heavy atom. The van der Waals surface area contributed by atoms with E-state index in [-0.39, 0.29) is 17.7 Å². The van der Waals surface area contributed by atoms with Gasteiger partial charge in [-0.25, -0.2) is 0 Å². The SMILES string of the molecule is Cc1ccc(-c2noc(CN3CCCC(C(=O)NCc4ccccc4CN4CCCC4=O)C3)n2)cc1. The van der Waals surface area contributed by atoms with Crippen LogP contribution in [0.3, 0.4) is 0 Å². The molecule has 2 aliphatic rings. The molecule has 1 unspecified atom stereocenters. The number of carbonyl (C=O) groups excluding carboxylic acids is 2. The molecular weight excluding hydrogens is 454 g/mol. The third kappa shape index (κ3) is 5.82. The minimum Gasteiger partial charge on any atom is -0.352 e. The summed E-state index contributed by atoms with van der Waals surface area (Å²) in [5.74, 6) is 1.36. The summed E-state index contributed by atoms with van der Waals surface area (Å²) in [6.07, 6.45) is 3.37. The third-order valence-corrected chi connectivity index (χ3v) is 7.12. The number of carbonyl (C=O) groups is 2. The Morgan fingerprint density at radius 1 is 1.06 bits per heavy atom. The van der Waals surface area contributed by atoms with Gasteiger partial charge in [-0.3, -0.25) is 14.5 Å². The van der Waals surface area contributed by atoms with Crippen molar-refractivity contribution in [1.82, 2.24) is 25.3 Å². The molecule has 0 spiro atoms. The van der Waals surface area contributed by atoms with E-state index in [1.54, 1.807) is 0 Å². The molecule has 0 aliphatic carbocycles. The molecule has 2 saturated heterocycles. The van der Waals surface area contributed by atoms with E-state index in [0.717, 1.165) is 49.0 Å². The Kier molecular flexibility index (Phi) is 7.41. The van der Waals surface area contributed by atoms with Gasteiger partial charge in [0, 0.05) is 38.2 Å². The summed E-state index contributed by atoms with van der Waals surface area (Å²) in [5, 5.41) is 7.27. The zero-order chi connectivity index (χ0) is 24.9. The summed E-state index contributed by atoms with van der Waals surface area (Å²) in [7, 11) is 0. The molecule has 3 aromatic rings. The smallest absolute Gasteiger partial charge is 0.241 e. The number of benzene rings is 2. The Balaban J connectivity index is 1.15. The largest absolute Gasteiger partial charge is 0.352 e. The highest BCUT2D eigenvalue weighted by molar-refractivity contribution is 5.79. The van der Waals surface area contributed by atoms with Crippen molar-refractivity contribution in [3.63, 3.8) is 0 Å². The lowest BCUT2D eigenvalue weighted by Gasteiger charge is -2.31. The van der Waals surface area contributed by atoms with E-state index in [1.165, 1.54) is 5.56 Å². The second kappa shape index (κ2) is 11.0. The van der Waals surface area contributed by atoms with E-state index < -0.39 is 0 Å². The number of nitrogens with zero attached hydrogens (tertiary/aromatic N) is 4. The monoisotopic (exact) mass is 487 g/mol. The normalized spacial score (nSPS) is 18.5. The number of likely N-dealkylation sites (tertiary alicyclic amines) is 2. The van der Waals surface area contributed by atoms with Crippen molar-refractivity contribution in [3.05, 3.63) is 71.1 Å². The first kappa shape index (κ1) is 24.2. The van der Waals surface area contributed by atoms with Crippen LogP contribution in [0, 0.1) is 12.8 Å². The summed E-state index contributed by atoms with van der Waals surface area (Å²) in [4.78, 5) is 33.8. The molecule has 2 amide bonds. The van der Waals surface area contributed by atoms with Gasteiger partial charge in [0.2, 0.25) is 23.5 Å². The standard InChI is InChI=1S/C28H33N5O3/c1-20-10-12-21(13-11-20)27-30-25(36-31-27)19-32-14-4-8-24(17-32)28(35)29-16-22-6-2-3-7-23(22)18-33-15-5-9-26(33)34/h2-3,6-7,10-13,24H,4-5,8-9,14-19H2,1H3,(H,29,35). The molecule has 3 heterocycles. The molecule has 2 fully saturated rings. The van der Waals surface area contributed by atoms with Gasteiger partial charge in [-0.05, 0) is 43.9 Å². The van der Waals surface area contributed by atoms with Gasteiger partial charge in [-0.1, -0.05) is 59.3 Å². The van der Waals surface area contributed by atoms with Crippen molar-refractivity contribution >= 4 is 11.8 Å². The molecular formula is C28H33N5O3. The van der Waals surface area contributed by atoms with E-state index >= 15 is 0 Å². The van der Waals surface area contributed by atoms with Crippen molar-refractivity contribution in [2.45, 2.75) is 52.2 Å². The number of hydrogen-bond donors (Lipinski definition) is 1. The Hall–Kier alpha value is -3.52. The van der Waals surface area contributed by atoms with Gasteiger partial charge >= 0.3 is 0 Å². The van der Waals surface area contributed by atoms with E-state index in [2.05, 4.69) is 20.4 Å². The molecule has 2 aliphatic heterocycles. The number of nitrogens with one attached hydrogen (secondary N) is 1. The number of aryl methyl sites for hydroxylation is 1. The fourth-order valence-corrected chi connectivity index (χ4v) is 5.03. The molecule has 8 heteroatoms. The topological polar surface area (TPSA) is 91.6 Å². The van der Waals surface area contributed by atoms with Gasteiger partial charge in [0.15, 0.2) is 0 Å². The van der Waals surface area contributed by atoms with E-state index in [4.69, 9.17) is 4.52 Å². The molecule has 5 rings (SSSR count). The van der Waals surface area contributed by atoms with Crippen LogP contribution in [0.1, 0.15) is 48.3 Å². The zero-order valence-electron chi connectivity index (χ0n) is 20.8. The molecule has 0 saturated carbocycles.